The molecule has 0 bridgehead atoms. The summed E-state index contributed by atoms with van der Waals surface area (Å²) in [5.41, 5.74) is 2.41. The van der Waals surface area contributed by atoms with E-state index in [4.69, 9.17) is 18.9 Å². The van der Waals surface area contributed by atoms with Gasteiger partial charge in [-0.15, -0.1) is 11.8 Å². The number of benzene rings is 3. The monoisotopic (exact) mass is 520 g/mol. The van der Waals surface area contributed by atoms with E-state index in [1.807, 2.05) is 30.5 Å². The van der Waals surface area contributed by atoms with Gasteiger partial charge < -0.3 is 29.2 Å². The molecule has 3 aromatic carbocycles. The molecular weight excluding hydrogens is 492 g/mol. The van der Waals surface area contributed by atoms with Gasteiger partial charge in [0.2, 0.25) is 5.91 Å². The predicted molar refractivity (Wildman–Crippen MR) is 141 cm³/mol. The summed E-state index contributed by atoms with van der Waals surface area (Å²) >= 11 is 1.63. The first-order valence-electron chi connectivity index (χ1n) is 11.8. The lowest BCUT2D eigenvalue weighted by Gasteiger charge is -2.40. The Balaban J connectivity index is 1.60. The minimum Gasteiger partial charge on any atom is -0.493 e. The third kappa shape index (κ3) is 4.55. The van der Waals surface area contributed by atoms with Crippen molar-refractivity contribution in [2.75, 3.05) is 46.1 Å². The molecule has 0 spiro atoms. The van der Waals surface area contributed by atoms with Crippen LogP contribution in [0.1, 0.15) is 33.4 Å². The number of fused-ring (bicyclic) bond motifs is 2. The first kappa shape index (κ1) is 24.8. The fourth-order valence-electron chi connectivity index (χ4n) is 4.89. The summed E-state index contributed by atoms with van der Waals surface area (Å²) in [5.74, 6) is 0.925. The second-order valence-corrected chi connectivity index (χ2v) is 9.63. The summed E-state index contributed by atoms with van der Waals surface area (Å²) in [6.07, 6.45) is 2.00. The van der Waals surface area contributed by atoms with Gasteiger partial charge >= 0.3 is 0 Å². The molecular formula is C28H28N2O6S. The van der Waals surface area contributed by atoms with Crippen LogP contribution >= 0.6 is 11.8 Å². The number of carbonyl (C=O) groups excluding carboxylic acids is 2. The van der Waals surface area contributed by atoms with E-state index in [9.17, 15) is 9.59 Å². The number of rotatable bonds is 6. The van der Waals surface area contributed by atoms with Gasteiger partial charge in [0.25, 0.3) is 5.91 Å². The van der Waals surface area contributed by atoms with Gasteiger partial charge in [-0.25, -0.2) is 0 Å². The normalized spacial score (nSPS) is 18.2. The topological polar surface area (TPSA) is 86.3 Å². The van der Waals surface area contributed by atoms with Gasteiger partial charge in [0, 0.05) is 29.3 Å². The molecule has 37 heavy (non-hydrogen) atoms. The number of anilines is 1. The molecule has 2 atom stereocenters. The highest BCUT2D eigenvalue weighted by Gasteiger charge is 2.43. The molecule has 2 aliphatic rings. The molecule has 3 aromatic rings. The lowest BCUT2D eigenvalue weighted by molar-refractivity contribution is -0.119. The van der Waals surface area contributed by atoms with Gasteiger partial charge in [-0.1, -0.05) is 12.1 Å². The smallest absolute Gasteiger partial charge is 0.254 e. The van der Waals surface area contributed by atoms with E-state index in [0.29, 0.717) is 53.0 Å². The van der Waals surface area contributed by atoms with Crippen LogP contribution in [0.25, 0.3) is 0 Å². The Bertz CT molecular complexity index is 1340. The number of methoxy groups -OCH3 is 2. The average Bonchev–Trinajstić information content (AvgIpc) is 2.94. The summed E-state index contributed by atoms with van der Waals surface area (Å²) in [4.78, 5) is 30.3. The lowest BCUT2D eigenvalue weighted by Crippen LogP contribution is -2.44. The Morgan fingerprint density at radius 1 is 0.973 bits per heavy atom. The highest BCUT2D eigenvalue weighted by atomic mass is 32.2. The van der Waals surface area contributed by atoms with E-state index < -0.39 is 12.0 Å². The van der Waals surface area contributed by atoms with Crippen LogP contribution in [0.15, 0.2) is 59.5 Å². The Kier molecular flexibility index (Phi) is 6.88. The third-order valence-electron chi connectivity index (χ3n) is 6.72. The van der Waals surface area contributed by atoms with Crippen molar-refractivity contribution >= 4 is 29.3 Å². The van der Waals surface area contributed by atoms with Crippen molar-refractivity contribution in [1.29, 1.82) is 0 Å². The van der Waals surface area contributed by atoms with Crippen molar-refractivity contribution in [3.63, 3.8) is 0 Å². The lowest BCUT2D eigenvalue weighted by atomic mass is 9.79. The fourth-order valence-corrected chi connectivity index (χ4v) is 5.30. The van der Waals surface area contributed by atoms with Gasteiger partial charge in [0.15, 0.2) is 23.0 Å². The van der Waals surface area contributed by atoms with Crippen LogP contribution in [0.3, 0.4) is 0 Å². The second kappa shape index (κ2) is 10.3. The maximum Gasteiger partial charge on any atom is 0.254 e. The zero-order valence-corrected chi connectivity index (χ0v) is 21.9. The summed E-state index contributed by atoms with van der Waals surface area (Å²) in [7, 11) is 4.77. The van der Waals surface area contributed by atoms with E-state index in [0.717, 1.165) is 10.5 Å². The SMILES string of the molecule is COc1cc2c(cc1OC)[C@H](C(=O)Nc1ccc3c(c1)OCCO3)[C@@H](c1ccc(SC)cc1)N(C)C2=O. The highest BCUT2D eigenvalue weighted by Crippen LogP contribution is 2.46. The van der Waals surface area contributed by atoms with Crippen molar-refractivity contribution in [3.8, 4) is 23.0 Å². The number of amides is 2. The molecule has 0 radical (unpaired) electrons. The summed E-state index contributed by atoms with van der Waals surface area (Å²) in [6.45, 7) is 0.934. The minimum absolute atomic E-state index is 0.196. The van der Waals surface area contributed by atoms with Crippen LogP contribution in [0.5, 0.6) is 23.0 Å². The van der Waals surface area contributed by atoms with E-state index in [1.54, 1.807) is 54.0 Å². The number of hydrogen-bond donors (Lipinski definition) is 1. The summed E-state index contributed by atoms with van der Waals surface area (Å²) in [5, 5.41) is 3.04. The number of nitrogens with zero attached hydrogens (tertiary/aromatic N) is 1. The Hall–Kier alpha value is -3.85. The number of hydrogen-bond acceptors (Lipinski definition) is 7. The first-order valence-corrected chi connectivity index (χ1v) is 13.0. The average molecular weight is 521 g/mol. The number of likely N-dealkylation sites (N-methyl/N-ethyl adjacent to an activating group) is 1. The zero-order valence-electron chi connectivity index (χ0n) is 21.1. The first-order chi connectivity index (χ1) is 17.9. The van der Waals surface area contributed by atoms with Crippen molar-refractivity contribution in [3.05, 3.63) is 71.3 Å². The standard InChI is InChI=1S/C28H28N2O6S/c1-30-26(16-5-8-18(37-4)9-6-16)25(19-14-22(33-2)23(34-3)15-20(19)28(30)32)27(31)29-17-7-10-21-24(13-17)36-12-11-35-21/h5-10,13-15,25-26H,11-12H2,1-4H3,(H,29,31)/t25-,26+/m0/s1. The Morgan fingerprint density at radius 3 is 2.32 bits per heavy atom. The number of carbonyl (C=O) groups is 2. The molecule has 0 aliphatic carbocycles. The van der Waals surface area contributed by atoms with Crippen molar-refractivity contribution in [1.82, 2.24) is 4.90 Å². The molecule has 0 aromatic heterocycles. The van der Waals surface area contributed by atoms with E-state index >= 15 is 0 Å². The molecule has 2 heterocycles. The zero-order chi connectivity index (χ0) is 26.1. The van der Waals surface area contributed by atoms with Crippen LogP contribution in [0.2, 0.25) is 0 Å². The van der Waals surface area contributed by atoms with Gasteiger partial charge in [-0.3, -0.25) is 9.59 Å². The van der Waals surface area contributed by atoms with Crippen LogP contribution in [0.4, 0.5) is 5.69 Å². The molecule has 1 N–H and O–H groups in total. The number of nitrogens with one attached hydrogen (secondary N) is 1. The van der Waals surface area contributed by atoms with E-state index in [-0.39, 0.29) is 11.8 Å². The van der Waals surface area contributed by atoms with Crippen LogP contribution in [0, 0.1) is 0 Å². The summed E-state index contributed by atoms with van der Waals surface area (Å²) in [6, 6.07) is 16.1. The Morgan fingerprint density at radius 2 is 1.65 bits per heavy atom. The molecule has 0 saturated heterocycles. The van der Waals surface area contributed by atoms with Gasteiger partial charge in [0.05, 0.1) is 26.2 Å². The van der Waals surface area contributed by atoms with E-state index in [1.165, 1.54) is 14.2 Å². The number of thioether (sulfide) groups is 1. The van der Waals surface area contributed by atoms with Gasteiger partial charge in [0.1, 0.15) is 13.2 Å². The van der Waals surface area contributed by atoms with Crippen molar-refractivity contribution in [2.45, 2.75) is 16.9 Å². The fraction of sp³-hybridized carbons (Fsp3) is 0.286. The molecule has 0 unspecified atom stereocenters. The van der Waals surface area contributed by atoms with Crippen molar-refractivity contribution in [2.24, 2.45) is 0 Å². The molecule has 2 aliphatic heterocycles. The maximum atomic E-state index is 14.0. The van der Waals surface area contributed by atoms with Crippen molar-refractivity contribution < 1.29 is 28.5 Å². The third-order valence-corrected chi connectivity index (χ3v) is 7.47. The minimum atomic E-state index is -0.717. The summed E-state index contributed by atoms with van der Waals surface area (Å²) < 4.78 is 22.3. The molecule has 0 saturated carbocycles. The molecule has 2 amide bonds. The number of ether oxygens (including phenoxy) is 4. The molecule has 8 nitrogen and oxygen atoms in total. The van der Waals surface area contributed by atoms with Gasteiger partial charge in [-0.2, -0.15) is 0 Å². The Labute approximate surface area is 219 Å². The molecule has 5 rings (SSSR count). The predicted octanol–water partition coefficient (Wildman–Crippen LogP) is 4.75. The van der Waals surface area contributed by atoms with E-state index in [2.05, 4.69) is 5.32 Å². The van der Waals surface area contributed by atoms with Gasteiger partial charge in [-0.05, 0) is 53.8 Å². The van der Waals surface area contributed by atoms with Crippen LogP contribution < -0.4 is 24.3 Å². The largest absolute Gasteiger partial charge is 0.493 e. The van der Waals surface area contributed by atoms with Crippen LogP contribution in [-0.4, -0.2) is 57.5 Å². The molecule has 192 valence electrons. The quantitative estimate of drug-likeness (QED) is 0.470. The maximum absolute atomic E-state index is 14.0. The van der Waals surface area contributed by atoms with Crippen LogP contribution in [-0.2, 0) is 4.79 Å². The highest BCUT2D eigenvalue weighted by molar-refractivity contribution is 7.98. The second-order valence-electron chi connectivity index (χ2n) is 8.75. The molecule has 0 fully saturated rings. The molecule has 9 heteroatoms.